The molecule has 0 aliphatic heterocycles. The number of ether oxygens (including phenoxy) is 1. The van der Waals surface area contributed by atoms with E-state index in [-0.39, 0.29) is 0 Å². The molecule has 1 saturated carbocycles. The van der Waals surface area contributed by atoms with Crippen LogP contribution >= 0.6 is 15.9 Å². The van der Waals surface area contributed by atoms with E-state index in [4.69, 9.17) is 4.74 Å². The number of hydrogen-bond donors (Lipinski definition) is 0. The quantitative estimate of drug-likeness (QED) is 0.664. The van der Waals surface area contributed by atoms with Crippen LogP contribution in [0.3, 0.4) is 0 Å². The van der Waals surface area contributed by atoms with E-state index in [0.29, 0.717) is 16.2 Å². The maximum absolute atomic E-state index is 5.50. The van der Waals surface area contributed by atoms with E-state index in [1.54, 1.807) is 7.11 Å². The Hall–Kier alpha value is -0.500. The lowest BCUT2D eigenvalue weighted by Gasteiger charge is -2.40. The molecule has 2 heteroatoms. The van der Waals surface area contributed by atoms with E-state index in [0.717, 1.165) is 18.1 Å². The summed E-state index contributed by atoms with van der Waals surface area (Å²) in [5.41, 5.74) is 1.77. The maximum atomic E-state index is 5.50. The number of methoxy groups -OCH3 is 1. The van der Waals surface area contributed by atoms with Crippen molar-refractivity contribution in [2.24, 2.45) is 17.3 Å². The van der Waals surface area contributed by atoms with E-state index in [1.807, 2.05) is 6.07 Å². The van der Waals surface area contributed by atoms with Gasteiger partial charge in [0, 0.05) is 4.83 Å². The largest absolute Gasteiger partial charge is 0.496 e. The topological polar surface area (TPSA) is 9.23 Å². The van der Waals surface area contributed by atoms with Crippen molar-refractivity contribution in [2.75, 3.05) is 7.11 Å². The minimum Gasteiger partial charge on any atom is -0.496 e. The molecule has 0 saturated heterocycles. The number of benzene rings is 1. The third kappa shape index (κ3) is 3.78. The second-order valence-electron chi connectivity index (χ2n) is 7.17. The normalized spacial score (nSPS) is 27.4. The molecule has 0 bridgehead atoms. The second-order valence-corrected chi connectivity index (χ2v) is 8.34. The van der Waals surface area contributed by atoms with Crippen LogP contribution in [0.2, 0.25) is 0 Å². The molecule has 3 atom stereocenters. The fraction of sp³-hybridized carbons (Fsp3) is 0.667. The summed E-state index contributed by atoms with van der Waals surface area (Å²) in [5.74, 6) is 2.57. The number of para-hydroxylation sites is 1. The van der Waals surface area contributed by atoms with Gasteiger partial charge < -0.3 is 4.74 Å². The van der Waals surface area contributed by atoms with Gasteiger partial charge in [0.25, 0.3) is 0 Å². The van der Waals surface area contributed by atoms with Crippen molar-refractivity contribution in [3.8, 4) is 5.75 Å². The Balaban J connectivity index is 2.10. The zero-order valence-electron chi connectivity index (χ0n) is 13.2. The first-order valence-electron chi connectivity index (χ1n) is 7.67. The third-order valence-corrected chi connectivity index (χ3v) is 5.99. The summed E-state index contributed by atoms with van der Waals surface area (Å²) in [5, 5.41) is 0. The van der Waals surface area contributed by atoms with Crippen LogP contribution in [0.4, 0.5) is 0 Å². The molecule has 1 aliphatic carbocycles. The Bertz CT molecular complexity index is 435. The standard InChI is InChI=1S/C18H27BrO/c1-18(2,3)15-9-10-16(19)14(12-15)11-13-7-5-6-8-17(13)20-4/h5-8,14-16H,9-12H2,1-4H3. The van der Waals surface area contributed by atoms with Crippen LogP contribution in [0.25, 0.3) is 0 Å². The Morgan fingerprint density at radius 2 is 1.90 bits per heavy atom. The highest BCUT2D eigenvalue weighted by Crippen LogP contribution is 2.44. The molecular formula is C18H27BrO. The molecule has 1 aromatic carbocycles. The lowest BCUT2D eigenvalue weighted by molar-refractivity contribution is 0.146. The van der Waals surface area contributed by atoms with Crippen molar-refractivity contribution in [3.05, 3.63) is 29.8 Å². The Kier molecular flexibility index (Phi) is 5.17. The van der Waals surface area contributed by atoms with E-state index in [9.17, 15) is 0 Å². The molecule has 0 N–H and O–H groups in total. The monoisotopic (exact) mass is 338 g/mol. The molecule has 0 radical (unpaired) electrons. The zero-order chi connectivity index (χ0) is 14.8. The van der Waals surface area contributed by atoms with Crippen molar-refractivity contribution in [3.63, 3.8) is 0 Å². The van der Waals surface area contributed by atoms with Crippen molar-refractivity contribution < 1.29 is 4.74 Å². The zero-order valence-corrected chi connectivity index (χ0v) is 14.7. The van der Waals surface area contributed by atoms with Gasteiger partial charge in [-0.2, -0.15) is 0 Å². The summed E-state index contributed by atoms with van der Waals surface area (Å²) in [6.07, 6.45) is 5.08. The molecule has 0 amide bonds. The van der Waals surface area contributed by atoms with Gasteiger partial charge >= 0.3 is 0 Å². The molecule has 2 rings (SSSR count). The Morgan fingerprint density at radius 3 is 2.55 bits per heavy atom. The minimum absolute atomic E-state index is 0.423. The van der Waals surface area contributed by atoms with Crippen LogP contribution < -0.4 is 4.74 Å². The molecule has 112 valence electrons. The van der Waals surface area contributed by atoms with E-state index < -0.39 is 0 Å². The van der Waals surface area contributed by atoms with Crippen molar-refractivity contribution in [1.29, 1.82) is 0 Å². The van der Waals surface area contributed by atoms with Gasteiger partial charge in [-0.15, -0.1) is 0 Å². The first-order chi connectivity index (χ1) is 9.41. The highest BCUT2D eigenvalue weighted by molar-refractivity contribution is 9.09. The van der Waals surface area contributed by atoms with Gasteiger partial charge in [-0.05, 0) is 54.6 Å². The predicted octanol–water partition coefficient (Wildman–Crippen LogP) is 5.46. The summed E-state index contributed by atoms with van der Waals surface area (Å²) in [4.78, 5) is 0.644. The van der Waals surface area contributed by atoms with Gasteiger partial charge in [-0.25, -0.2) is 0 Å². The first kappa shape index (κ1) is 15.9. The molecule has 0 heterocycles. The minimum atomic E-state index is 0.423. The number of alkyl halides is 1. The second kappa shape index (κ2) is 6.51. The molecule has 3 unspecified atom stereocenters. The summed E-state index contributed by atoms with van der Waals surface area (Å²) in [7, 11) is 1.77. The molecule has 1 aromatic rings. The van der Waals surface area contributed by atoms with Crippen LogP contribution in [0, 0.1) is 17.3 Å². The third-order valence-electron chi connectivity index (χ3n) is 4.79. The number of rotatable bonds is 3. The van der Waals surface area contributed by atoms with Crippen LogP contribution in [0.15, 0.2) is 24.3 Å². The number of halogens is 1. The van der Waals surface area contributed by atoms with E-state index in [1.165, 1.54) is 24.8 Å². The lowest BCUT2D eigenvalue weighted by atomic mass is 9.68. The average molecular weight is 339 g/mol. The van der Waals surface area contributed by atoms with Crippen LogP contribution in [0.5, 0.6) is 5.75 Å². The molecule has 20 heavy (non-hydrogen) atoms. The number of hydrogen-bond acceptors (Lipinski definition) is 1. The fourth-order valence-corrected chi connectivity index (χ4v) is 4.05. The Labute approximate surface area is 132 Å². The fourth-order valence-electron chi connectivity index (χ4n) is 3.38. The van der Waals surface area contributed by atoms with Gasteiger partial charge in [0.1, 0.15) is 5.75 Å². The molecular weight excluding hydrogens is 312 g/mol. The van der Waals surface area contributed by atoms with Crippen molar-refractivity contribution in [1.82, 2.24) is 0 Å². The van der Waals surface area contributed by atoms with E-state index >= 15 is 0 Å². The van der Waals surface area contributed by atoms with Gasteiger partial charge in [-0.3, -0.25) is 0 Å². The van der Waals surface area contributed by atoms with Crippen molar-refractivity contribution in [2.45, 2.75) is 51.3 Å². The van der Waals surface area contributed by atoms with Crippen LogP contribution in [-0.2, 0) is 6.42 Å². The molecule has 1 aliphatic rings. The van der Waals surface area contributed by atoms with Gasteiger partial charge in [-0.1, -0.05) is 54.9 Å². The SMILES string of the molecule is COc1ccccc1CC1CC(C(C)(C)C)CCC1Br. The molecule has 1 fully saturated rings. The highest BCUT2D eigenvalue weighted by Gasteiger charge is 2.35. The van der Waals surface area contributed by atoms with Gasteiger partial charge in [0.05, 0.1) is 7.11 Å². The summed E-state index contributed by atoms with van der Waals surface area (Å²) in [6.45, 7) is 7.14. The predicted molar refractivity (Wildman–Crippen MR) is 89.7 cm³/mol. The highest BCUT2D eigenvalue weighted by atomic mass is 79.9. The molecule has 0 aromatic heterocycles. The average Bonchev–Trinajstić information content (AvgIpc) is 2.40. The first-order valence-corrected chi connectivity index (χ1v) is 8.59. The summed E-state index contributed by atoms with van der Waals surface area (Å²) < 4.78 is 5.50. The smallest absolute Gasteiger partial charge is 0.122 e. The summed E-state index contributed by atoms with van der Waals surface area (Å²) >= 11 is 3.91. The van der Waals surface area contributed by atoms with Crippen LogP contribution in [-0.4, -0.2) is 11.9 Å². The van der Waals surface area contributed by atoms with Crippen molar-refractivity contribution >= 4 is 15.9 Å². The lowest BCUT2D eigenvalue weighted by Crippen LogP contribution is -2.33. The maximum Gasteiger partial charge on any atom is 0.122 e. The molecule has 1 nitrogen and oxygen atoms in total. The Morgan fingerprint density at radius 1 is 1.20 bits per heavy atom. The van der Waals surface area contributed by atoms with E-state index in [2.05, 4.69) is 54.9 Å². The van der Waals surface area contributed by atoms with Gasteiger partial charge in [0.2, 0.25) is 0 Å². The van der Waals surface area contributed by atoms with Crippen LogP contribution in [0.1, 0.15) is 45.6 Å². The van der Waals surface area contributed by atoms with Gasteiger partial charge in [0.15, 0.2) is 0 Å². The summed E-state index contributed by atoms with van der Waals surface area (Å²) in [6, 6.07) is 8.44. The molecule has 0 spiro atoms.